The molecule has 6 heteroatoms. The summed E-state index contributed by atoms with van der Waals surface area (Å²) in [5, 5.41) is 2.74. The lowest BCUT2D eigenvalue weighted by molar-refractivity contribution is -0.322. The molecular weight excluding hydrogens is 209 g/mol. The number of benzene rings is 1. The van der Waals surface area contributed by atoms with Crippen LogP contribution >= 0.6 is 0 Å². The molecule has 1 rings (SSSR count). The van der Waals surface area contributed by atoms with Gasteiger partial charge in [-0.25, -0.2) is 0 Å². The highest BCUT2D eigenvalue weighted by atomic mass is 19.4. The van der Waals surface area contributed by atoms with E-state index in [1.54, 1.807) is 24.3 Å². The summed E-state index contributed by atoms with van der Waals surface area (Å²) in [6, 6.07) is 6.83. The van der Waals surface area contributed by atoms with Gasteiger partial charge in [0.25, 0.3) is 0 Å². The highest BCUT2D eigenvalue weighted by Gasteiger charge is 2.28. The Labute approximate surface area is 85.0 Å². The van der Waals surface area contributed by atoms with E-state index >= 15 is 0 Å². The molecule has 0 fully saturated rings. The third-order valence-corrected chi connectivity index (χ3v) is 1.64. The minimum atomic E-state index is -4.58. The molecule has 3 nitrogen and oxygen atoms in total. The summed E-state index contributed by atoms with van der Waals surface area (Å²) in [6.07, 6.45) is -4.58. The summed E-state index contributed by atoms with van der Waals surface area (Å²) in [5.74, 6) is 0. The van der Waals surface area contributed by atoms with Gasteiger partial charge in [-0.15, -0.1) is 13.2 Å². The van der Waals surface area contributed by atoms with Crippen molar-refractivity contribution in [2.45, 2.75) is 6.36 Å². The van der Waals surface area contributed by atoms with Crippen LogP contribution in [0.25, 0.3) is 0 Å². The second-order valence-electron chi connectivity index (χ2n) is 2.81. The molecule has 0 aliphatic rings. The van der Waals surface area contributed by atoms with Gasteiger partial charge in [0.1, 0.15) is 0 Å². The Bertz CT molecular complexity index is 314. The highest BCUT2D eigenvalue weighted by Crippen LogP contribution is 2.17. The Kier molecular flexibility index (Phi) is 3.79. The lowest BCUT2D eigenvalue weighted by Crippen LogP contribution is -2.19. The molecule has 0 unspecified atom stereocenters. The standard InChI is InChI=1S/C9H11F3N2O/c10-9(11,12)15-6-5-14-8-4-2-1-3-7(8)13/h1-4,14H,5-6,13H2. The third-order valence-electron chi connectivity index (χ3n) is 1.64. The van der Waals surface area contributed by atoms with E-state index in [-0.39, 0.29) is 6.54 Å². The highest BCUT2D eigenvalue weighted by molar-refractivity contribution is 5.65. The maximum absolute atomic E-state index is 11.6. The first-order valence-corrected chi connectivity index (χ1v) is 4.28. The van der Waals surface area contributed by atoms with Crippen molar-refractivity contribution in [1.29, 1.82) is 0 Å². The Hall–Kier alpha value is -1.43. The summed E-state index contributed by atoms with van der Waals surface area (Å²) < 4.78 is 38.3. The van der Waals surface area contributed by atoms with Crippen molar-refractivity contribution in [3.8, 4) is 0 Å². The molecule has 0 bridgehead atoms. The second kappa shape index (κ2) is 4.88. The van der Waals surface area contributed by atoms with E-state index < -0.39 is 13.0 Å². The normalized spacial score (nSPS) is 11.4. The van der Waals surface area contributed by atoms with E-state index in [0.29, 0.717) is 11.4 Å². The van der Waals surface area contributed by atoms with E-state index in [9.17, 15) is 13.2 Å². The summed E-state index contributed by atoms with van der Waals surface area (Å²) in [5.41, 5.74) is 6.65. The molecular formula is C9H11F3N2O. The van der Waals surface area contributed by atoms with Crippen molar-refractivity contribution in [3.05, 3.63) is 24.3 Å². The number of alkyl halides is 3. The lowest BCUT2D eigenvalue weighted by atomic mass is 10.3. The molecule has 3 N–H and O–H groups in total. The zero-order valence-corrected chi connectivity index (χ0v) is 7.84. The molecule has 84 valence electrons. The van der Waals surface area contributed by atoms with Crippen molar-refractivity contribution in [2.75, 3.05) is 24.2 Å². The summed E-state index contributed by atoms with van der Waals surface area (Å²) in [6.45, 7) is -0.397. The molecule has 0 aliphatic carbocycles. The number of hydrogen-bond donors (Lipinski definition) is 2. The van der Waals surface area contributed by atoms with Crippen LogP contribution in [0.3, 0.4) is 0 Å². The van der Waals surface area contributed by atoms with Crippen LogP contribution in [0.2, 0.25) is 0 Å². The smallest absolute Gasteiger partial charge is 0.397 e. The van der Waals surface area contributed by atoms with Crippen LogP contribution in [-0.2, 0) is 4.74 Å². The number of ether oxygens (including phenoxy) is 1. The Morgan fingerprint density at radius 2 is 1.93 bits per heavy atom. The largest absolute Gasteiger partial charge is 0.522 e. The minimum Gasteiger partial charge on any atom is -0.397 e. The molecule has 0 aliphatic heterocycles. The fourth-order valence-corrected chi connectivity index (χ4v) is 1.01. The maximum atomic E-state index is 11.6. The van der Waals surface area contributed by atoms with Crippen molar-refractivity contribution in [3.63, 3.8) is 0 Å². The fourth-order valence-electron chi connectivity index (χ4n) is 1.01. The predicted octanol–water partition coefficient (Wildman–Crippen LogP) is 2.22. The van der Waals surface area contributed by atoms with Crippen LogP contribution in [0.4, 0.5) is 24.5 Å². The van der Waals surface area contributed by atoms with Gasteiger partial charge in [-0.2, -0.15) is 0 Å². The van der Waals surface area contributed by atoms with Gasteiger partial charge >= 0.3 is 6.36 Å². The van der Waals surface area contributed by atoms with Crippen molar-refractivity contribution in [1.82, 2.24) is 0 Å². The summed E-state index contributed by atoms with van der Waals surface area (Å²) in [4.78, 5) is 0. The number of para-hydroxylation sites is 2. The first kappa shape index (κ1) is 11.6. The van der Waals surface area contributed by atoms with E-state index in [1.807, 2.05) is 0 Å². The molecule has 0 atom stereocenters. The molecule has 15 heavy (non-hydrogen) atoms. The quantitative estimate of drug-likeness (QED) is 0.604. The first-order chi connectivity index (χ1) is 6.99. The van der Waals surface area contributed by atoms with Crippen LogP contribution in [0.5, 0.6) is 0 Å². The Balaban J connectivity index is 2.30. The number of halogens is 3. The lowest BCUT2D eigenvalue weighted by Gasteiger charge is -2.10. The number of rotatable bonds is 4. The summed E-state index contributed by atoms with van der Waals surface area (Å²) >= 11 is 0. The van der Waals surface area contributed by atoms with Gasteiger partial charge in [0.2, 0.25) is 0 Å². The van der Waals surface area contributed by atoms with Crippen molar-refractivity contribution in [2.24, 2.45) is 0 Å². The zero-order chi connectivity index (χ0) is 11.3. The van der Waals surface area contributed by atoms with Gasteiger partial charge in [0, 0.05) is 6.54 Å². The van der Waals surface area contributed by atoms with E-state index in [2.05, 4.69) is 10.1 Å². The number of anilines is 2. The van der Waals surface area contributed by atoms with Crippen LogP contribution < -0.4 is 11.1 Å². The van der Waals surface area contributed by atoms with Gasteiger partial charge < -0.3 is 11.1 Å². The van der Waals surface area contributed by atoms with E-state index in [1.165, 1.54) is 0 Å². The maximum Gasteiger partial charge on any atom is 0.522 e. The van der Waals surface area contributed by atoms with Crippen molar-refractivity contribution >= 4 is 11.4 Å². The monoisotopic (exact) mass is 220 g/mol. The Morgan fingerprint density at radius 3 is 2.53 bits per heavy atom. The predicted molar refractivity (Wildman–Crippen MR) is 51.4 cm³/mol. The van der Waals surface area contributed by atoms with Gasteiger partial charge in [0.05, 0.1) is 18.0 Å². The topological polar surface area (TPSA) is 47.3 Å². The summed E-state index contributed by atoms with van der Waals surface area (Å²) in [7, 11) is 0. The third kappa shape index (κ3) is 4.55. The van der Waals surface area contributed by atoms with Gasteiger partial charge in [0.15, 0.2) is 0 Å². The average Bonchev–Trinajstić information content (AvgIpc) is 2.13. The van der Waals surface area contributed by atoms with E-state index in [4.69, 9.17) is 5.73 Å². The average molecular weight is 220 g/mol. The van der Waals surface area contributed by atoms with Gasteiger partial charge in [-0.1, -0.05) is 12.1 Å². The second-order valence-corrected chi connectivity index (χ2v) is 2.81. The van der Waals surface area contributed by atoms with Gasteiger partial charge in [-0.3, -0.25) is 4.74 Å². The van der Waals surface area contributed by atoms with Crippen molar-refractivity contribution < 1.29 is 17.9 Å². The number of nitrogens with one attached hydrogen (secondary N) is 1. The number of nitrogens with two attached hydrogens (primary N) is 1. The van der Waals surface area contributed by atoms with E-state index in [0.717, 1.165) is 0 Å². The number of hydrogen-bond acceptors (Lipinski definition) is 3. The zero-order valence-electron chi connectivity index (χ0n) is 7.84. The molecule has 1 aromatic rings. The molecule has 0 heterocycles. The Morgan fingerprint density at radius 1 is 1.27 bits per heavy atom. The molecule has 0 spiro atoms. The van der Waals surface area contributed by atoms with Crippen LogP contribution in [-0.4, -0.2) is 19.5 Å². The molecule has 0 amide bonds. The molecule has 0 aromatic heterocycles. The fraction of sp³-hybridized carbons (Fsp3) is 0.333. The van der Waals surface area contributed by atoms with Gasteiger partial charge in [-0.05, 0) is 12.1 Å². The number of nitrogen functional groups attached to an aromatic ring is 1. The minimum absolute atomic E-state index is 0.0493. The van der Waals surface area contributed by atoms with Crippen LogP contribution in [0.15, 0.2) is 24.3 Å². The van der Waals surface area contributed by atoms with Crippen LogP contribution in [0, 0.1) is 0 Å². The molecule has 1 aromatic carbocycles. The van der Waals surface area contributed by atoms with Crippen LogP contribution in [0.1, 0.15) is 0 Å². The molecule has 0 radical (unpaired) electrons. The molecule has 0 saturated carbocycles. The SMILES string of the molecule is Nc1ccccc1NCCOC(F)(F)F. The molecule has 0 saturated heterocycles. The first-order valence-electron chi connectivity index (χ1n) is 4.28.